The van der Waals surface area contributed by atoms with E-state index in [1.54, 1.807) is 36.4 Å². The molecule has 1 N–H and O–H groups in total. The van der Waals surface area contributed by atoms with Crippen LogP contribution in [-0.4, -0.2) is 30.3 Å². The molecule has 10 heteroatoms. The van der Waals surface area contributed by atoms with Gasteiger partial charge in [0.25, 0.3) is 15.9 Å². The summed E-state index contributed by atoms with van der Waals surface area (Å²) in [5, 5.41) is 0. The summed E-state index contributed by atoms with van der Waals surface area (Å²) < 4.78 is 32.9. The molecule has 0 spiro atoms. The molecule has 1 aliphatic rings. The normalized spacial score (nSPS) is 16.5. The number of carbonyl (C=O) groups excluding carboxylic acids is 2. The van der Waals surface area contributed by atoms with E-state index in [9.17, 15) is 18.0 Å². The Morgan fingerprint density at radius 3 is 2.23 bits per heavy atom. The number of hydrogen-bond acceptors (Lipinski definition) is 7. The second-order valence-corrected chi connectivity index (χ2v) is 8.10. The van der Waals surface area contributed by atoms with Crippen molar-refractivity contribution in [2.45, 2.75) is 11.1 Å². The van der Waals surface area contributed by atoms with Crippen LogP contribution in [-0.2, 0) is 24.3 Å². The molecular weight excluding hydrogens is 420 g/mol. The number of hydrogen-bond donors (Lipinski definition) is 1. The fourth-order valence-corrected chi connectivity index (χ4v) is 3.91. The lowest BCUT2D eigenvalue weighted by Crippen LogP contribution is -2.34. The fourth-order valence-electron chi connectivity index (χ4n) is 2.95. The molecule has 4 rings (SSSR count). The highest BCUT2D eigenvalue weighted by Crippen LogP contribution is 2.31. The zero-order chi connectivity index (χ0) is 21.8. The van der Waals surface area contributed by atoms with E-state index in [2.05, 4.69) is 14.7 Å². The van der Waals surface area contributed by atoms with Crippen LogP contribution in [0.2, 0.25) is 0 Å². The Labute approximate surface area is 178 Å². The third-order valence-corrected chi connectivity index (χ3v) is 5.71. The Kier molecular flexibility index (Phi) is 5.46. The predicted octanol–water partition coefficient (Wildman–Crippen LogP) is 2.42. The first-order chi connectivity index (χ1) is 14.9. The molecule has 0 saturated heterocycles. The number of ether oxygens (including phenoxy) is 1. The molecule has 2 aromatic carbocycles. The van der Waals surface area contributed by atoms with Gasteiger partial charge in [0.2, 0.25) is 12.2 Å². The Balaban J connectivity index is 1.66. The van der Waals surface area contributed by atoms with Crippen molar-refractivity contribution in [2.24, 2.45) is 0 Å². The summed E-state index contributed by atoms with van der Waals surface area (Å²) in [5.74, 6) is -1.20. The predicted molar refractivity (Wildman–Crippen MR) is 111 cm³/mol. The minimum Gasteiger partial charge on any atom is -0.434 e. The average molecular weight is 436 g/mol. The molecule has 0 saturated carbocycles. The van der Waals surface area contributed by atoms with E-state index in [1.807, 2.05) is 0 Å². The highest BCUT2D eigenvalue weighted by Gasteiger charge is 2.31. The van der Waals surface area contributed by atoms with Gasteiger partial charge >= 0.3 is 5.97 Å². The first-order valence-electron chi connectivity index (χ1n) is 9.11. The maximum absolute atomic E-state index is 12.7. The van der Waals surface area contributed by atoms with Crippen LogP contribution >= 0.6 is 0 Å². The zero-order valence-electron chi connectivity index (χ0n) is 16.0. The maximum Gasteiger partial charge on any atom is 0.333 e. The smallest absolute Gasteiger partial charge is 0.333 e. The van der Waals surface area contributed by atoms with Crippen LogP contribution < -0.4 is 9.62 Å². The monoisotopic (exact) mass is 436 g/mol. The second kappa shape index (κ2) is 8.36. The highest BCUT2D eigenvalue weighted by molar-refractivity contribution is 7.92. The summed E-state index contributed by atoms with van der Waals surface area (Å²) in [7, 11) is -3.93. The number of benzene rings is 2. The molecule has 31 heavy (non-hydrogen) atoms. The van der Waals surface area contributed by atoms with Crippen molar-refractivity contribution in [3.8, 4) is 0 Å². The molecule has 9 nitrogen and oxygen atoms in total. The molecule has 1 atom stereocenters. The van der Waals surface area contributed by atoms with Gasteiger partial charge in [0.1, 0.15) is 0 Å². The summed E-state index contributed by atoms with van der Waals surface area (Å²) in [6.07, 6.45) is 3.99. The van der Waals surface area contributed by atoms with E-state index < -0.39 is 28.1 Å². The minimum absolute atomic E-state index is 0.0465. The molecule has 0 fully saturated rings. The zero-order valence-corrected chi connectivity index (χ0v) is 16.8. The quantitative estimate of drug-likeness (QED) is 0.610. The molecular formula is C21H16N4O5S. The van der Waals surface area contributed by atoms with Crippen molar-refractivity contribution in [3.63, 3.8) is 0 Å². The summed E-state index contributed by atoms with van der Waals surface area (Å²) in [4.78, 5) is 33.6. The Hall–Kier alpha value is -4.05. The summed E-state index contributed by atoms with van der Waals surface area (Å²) >= 11 is 0. The Morgan fingerprint density at radius 2 is 1.55 bits per heavy atom. The van der Waals surface area contributed by atoms with E-state index in [0.29, 0.717) is 11.3 Å². The van der Waals surface area contributed by atoms with Crippen LogP contribution in [0.25, 0.3) is 0 Å². The Morgan fingerprint density at radius 1 is 0.871 bits per heavy atom. The van der Waals surface area contributed by atoms with Crippen molar-refractivity contribution in [3.05, 3.63) is 90.8 Å². The van der Waals surface area contributed by atoms with Gasteiger partial charge in [-0.1, -0.05) is 30.3 Å². The van der Waals surface area contributed by atoms with Crippen LogP contribution in [0.15, 0.2) is 90.1 Å². The van der Waals surface area contributed by atoms with E-state index >= 15 is 0 Å². The summed E-state index contributed by atoms with van der Waals surface area (Å²) in [6, 6.07) is 15.9. The SMILES string of the molecule is O=C1C=CC(=O)N(c2ccc(S(=O)(=O)Nc3ncccn3)cc2)C(c2ccccc2)O1. The molecule has 0 bridgehead atoms. The van der Waals surface area contributed by atoms with E-state index in [-0.39, 0.29) is 10.8 Å². The van der Waals surface area contributed by atoms with E-state index in [0.717, 1.165) is 12.2 Å². The number of anilines is 2. The van der Waals surface area contributed by atoms with Crippen molar-refractivity contribution in [1.29, 1.82) is 0 Å². The standard InChI is InChI=1S/C21H16N4O5S/c26-18-11-12-19(27)30-20(15-5-2-1-3-6-15)25(18)16-7-9-17(10-8-16)31(28,29)24-21-22-13-4-14-23-21/h1-14,20H,(H,22,23,24). The van der Waals surface area contributed by atoms with E-state index in [1.165, 1.54) is 41.6 Å². The lowest BCUT2D eigenvalue weighted by Gasteiger charge is -2.29. The number of sulfonamides is 1. The highest BCUT2D eigenvalue weighted by atomic mass is 32.2. The van der Waals surface area contributed by atoms with Gasteiger partial charge in [0.05, 0.1) is 4.90 Å². The van der Waals surface area contributed by atoms with Gasteiger partial charge in [-0.15, -0.1) is 0 Å². The minimum atomic E-state index is -3.93. The van der Waals surface area contributed by atoms with Crippen LogP contribution in [0.4, 0.5) is 11.6 Å². The molecule has 0 radical (unpaired) electrons. The Bertz CT molecular complexity index is 1230. The van der Waals surface area contributed by atoms with Gasteiger partial charge in [-0.05, 0) is 30.3 Å². The molecule has 1 aliphatic heterocycles. The van der Waals surface area contributed by atoms with Gasteiger partial charge in [0.15, 0.2) is 0 Å². The summed E-state index contributed by atoms with van der Waals surface area (Å²) in [5.41, 5.74) is 0.945. The third kappa shape index (κ3) is 4.43. The van der Waals surface area contributed by atoms with Crippen molar-refractivity contribution in [1.82, 2.24) is 9.97 Å². The molecule has 3 aromatic rings. The molecule has 0 aliphatic carbocycles. The lowest BCUT2D eigenvalue weighted by atomic mass is 10.1. The van der Waals surface area contributed by atoms with Gasteiger partial charge in [-0.25, -0.2) is 27.9 Å². The van der Waals surface area contributed by atoms with E-state index in [4.69, 9.17) is 4.74 Å². The van der Waals surface area contributed by atoms with Gasteiger partial charge < -0.3 is 4.74 Å². The number of nitrogens with one attached hydrogen (secondary N) is 1. The molecule has 1 amide bonds. The first-order valence-corrected chi connectivity index (χ1v) is 10.6. The molecule has 156 valence electrons. The largest absolute Gasteiger partial charge is 0.434 e. The number of nitrogens with zero attached hydrogens (tertiary/aromatic N) is 3. The number of amides is 1. The van der Waals surface area contributed by atoms with Gasteiger partial charge in [-0.3, -0.25) is 9.69 Å². The summed E-state index contributed by atoms with van der Waals surface area (Å²) in [6.45, 7) is 0. The third-order valence-electron chi connectivity index (χ3n) is 4.36. The molecule has 1 unspecified atom stereocenters. The maximum atomic E-state index is 12.7. The van der Waals surface area contributed by atoms with Crippen molar-refractivity contribution < 1.29 is 22.7 Å². The fraction of sp³-hybridized carbons (Fsp3) is 0.0476. The number of carbonyl (C=O) groups is 2. The van der Waals surface area contributed by atoms with Crippen molar-refractivity contribution >= 4 is 33.5 Å². The first kappa shape index (κ1) is 20.2. The lowest BCUT2D eigenvalue weighted by molar-refractivity contribution is -0.143. The number of rotatable bonds is 5. The second-order valence-electron chi connectivity index (χ2n) is 6.41. The molecule has 2 heterocycles. The van der Waals surface area contributed by atoms with Crippen LogP contribution in [0.5, 0.6) is 0 Å². The van der Waals surface area contributed by atoms with Gasteiger partial charge in [-0.2, -0.15) is 0 Å². The number of aromatic nitrogens is 2. The van der Waals surface area contributed by atoms with Crippen LogP contribution in [0.1, 0.15) is 11.8 Å². The number of esters is 1. The van der Waals surface area contributed by atoms with Crippen LogP contribution in [0, 0.1) is 0 Å². The van der Waals surface area contributed by atoms with Gasteiger partial charge in [0, 0.05) is 35.8 Å². The average Bonchev–Trinajstić information content (AvgIpc) is 2.93. The number of cyclic esters (lactones) is 1. The topological polar surface area (TPSA) is 119 Å². The molecule has 1 aromatic heterocycles. The van der Waals surface area contributed by atoms with Crippen molar-refractivity contribution in [2.75, 3.05) is 9.62 Å². The van der Waals surface area contributed by atoms with Crippen LogP contribution in [0.3, 0.4) is 0 Å².